The molecule has 2 atom stereocenters. The van der Waals surface area contributed by atoms with Gasteiger partial charge in [-0.2, -0.15) is 0 Å². The van der Waals surface area contributed by atoms with Crippen LogP contribution in [0.2, 0.25) is 0 Å². The largest absolute Gasteiger partial charge is 0.360 e. The van der Waals surface area contributed by atoms with Gasteiger partial charge in [0, 0.05) is 18.5 Å². The highest BCUT2D eigenvalue weighted by atomic mass is 15.4. The van der Waals surface area contributed by atoms with Crippen LogP contribution in [0.4, 0.5) is 5.69 Å². The molecule has 0 radical (unpaired) electrons. The summed E-state index contributed by atoms with van der Waals surface area (Å²) in [5.41, 5.74) is 3.09. The predicted molar refractivity (Wildman–Crippen MR) is 86.3 cm³/mol. The fraction of sp³-hybridized carbons (Fsp3) is 0.667. The molecule has 2 heteroatoms. The van der Waals surface area contributed by atoms with Gasteiger partial charge in [-0.1, -0.05) is 32.9 Å². The van der Waals surface area contributed by atoms with E-state index in [1.807, 2.05) is 0 Å². The van der Waals surface area contributed by atoms with Crippen molar-refractivity contribution < 1.29 is 4.48 Å². The van der Waals surface area contributed by atoms with Crippen molar-refractivity contribution >= 4 is 5.69 Å². The first-order chi connectivity index (χ1) is 9.38. The quantitative estimate of drug-likeness (QED) is 0.709. The molecule has 2 saturated heterocycles. The van der Waals surface area contributed by atoms with Crippen LogP contribution < -0.4 is 4.90 Å². The van der Waals surface area contributed by atoms with Crippen molar-refractivity contribution in [3.8, 4) is 0 Å². The van der Waals surface area contributed by atoms with E-state index >= 15 is 0 Å². The lowest BCUT2D eigenvalue weighted by molar-refractivity contribution is -0.921. The van der Waals surface area contributed by atoms with Gasteiger partial charge in [-0.25, -0.2) is 0 Å². The van der Waals surface area contributed by atoms with E-state index in [9.17, 15) is 0 Å². The molecule has 1 unspecified atom stereocenters. The molecule has 0 saturated carbocycles. The first-order valence-electron chi connectivity index (χ1n) is 8.08. The molecule has 0 N–H and O–H groups in total. The topological polar surface area (TPSA) is 3.24 Å². The minimum atomic E-state index is 0.251. The minimum absolute atomic E-state index is 0.251. The molecule has 110 valence electrons. The SMILES string of the molecule is CC(C)(C)c1ccc(N2CC[N+]3(C)CCC[C@@H]3C2)cc1. The van der Waals surface area contributed by atoms with Crippen molar-refractivity contribution in [2.24, 2.45) is 0 Å². The molecule has 0 aliphatic carbocycles. The number of benzene rings is 1. The maximum atomic E-state index is 2.60. The Balaban J connectivity index is 1.74. The average molecular weight is 273 g/mol. The summed E-state index contributed by atoms with van der Waals surface area (Å²) in [5.74, 6) is 0. The Kier molecular flexibility index (Phi) is 3.32. The molecule has 1 aromatic rings. The van der Waals surface area contributed by atoms with Gasteiger partial charge in [0.1, 0.15) is 6.04 Å². The number of anilines is 1. The molecule has 2 nitrogen and oxygen atoms in total. The smallest absolute Gasteiger partial charge is 0.107 e. The standard InChI is InChI=1S/C18H29N2/c1-18(2,3)15-7-9-16(10-8-15)19-11-13-20(4)12-5-6-17(20)14-19/h7-10,17H,5-6,11-14H2,1-4H3/q+1/t17-,20?/m1/s1. The van der Waals surface area contributed by atoms with E-state index in [1.54, 1.807) is 0 Å². The lowest BCUT2D eigenvalue weighted by Gasteiger charge is -2.45. The molecular formula is C18H29N2+. The van der Waals surface area contributed by atoms with Gasteiger partial charge in [0.25, 0.3) is 0 Å². The fourth-order valence-corrected chi connectivity index (χ4v) is 3.87. The molecule has 20 heavy (non-hydrogen) atoms. The first kappa shape index (κ1) is 13.9. The van der Waals surface area contributed by atoms with E-state index in [4.69, 9.17) is 0 Å². The Morgan fingerprint density at radius 2 is 1.80 bits per heavy atom. The number of hydrogen-bond acceptors (Lipinski definition) is 1. The van der Waals surface area contributed by atoms with Crippen LogP contribution in [0.1, 0.15) is 39.2 Å². The molecule has 1 aromatic carbocycles. The molecule has 0 spiro atoms. The maximum Gasteiger partial charge on any atom is 0.107 e. The van der Waals surface area contributed by atoms with Crippen LogP contribution in [0.3, 0.4) is 0 Å². The van der Waals surface area contributed by atoms with Crippen molar-refractivity contribution in [3.63, 3.8) is 0 Å². The Morgan fingerprint density at radius 1 is 1.10 bits per heavy atom. The normalized spacial score (nSPS) is 30.4. The van der Waals surface area contributed by atoms with Crippen LogP contribution in [-0.4, -0.2) is 43.8 Å². The van der Waals surface area contributed by atoms with Gasteiger partial charge in [0.2, 0.25) is 0 Å². The van der Waals surface area contributed by atoms with E-state index in [2.05, 4.69) is 57.0 Å². The van der Waals surface area contributed by atoms with Gasteiger partial charge < -0.3 is 9.38 Å². The monoisotopic (exact) mass is 273 g/mol. The summed E-state index contributed by atoms with van der Waals surface area (Å²) in [6, 6.07) is 10.1. The second-order valence-electron chi connectivity index (χ2n) is 7.97. The lowest BCUT2D eigenvalue weighted by Crippen LogP contribution is -2.60. The summed E-state index contributed by atoms with van der Waals surface area (Å²) >= 11 is 0. The van der Waals surface area contributed by atoms with Crippen molar-refractivity contribution in [2.75, 3.05) is 38.1 Å². The summed E-state index contributed by atoms with van der Waals surface area (Å²) in [7, 11) is 2.46. The van der Waals surface area contributed by atoms with Crippen LogP contribution in [0.25, 0.3) is 0 Å². The number of hydrogen-bond donors (Lipinski definition) is 0. The minimum Gasteiger partial charge on any atom is -0.360 e. The predicted octanol–water partition coefficient (Wildman–Crippen LogP) is 3.41. The summed E-state index contributed by atoms with van der Waals surface area (Å²) in [4.78, 5) is 2.60. The van der Waals surface area contributed by atoms with E-state index < -0.39 is 0 Å². The van der Waals surface area contributed by atoms with Gasteiger partial charge in [0.05, 0.1) is 33.2 Å². The zero-order valence-corrected chi connectivity index (χ0v) is 13.5. The highest BCUT2D eigenvalue weighted by molar-refractivity contribution is 5.49. The molecule has 0 aromatic heterocycles. The van der Waals surface area contributed by atoms with E-state index in [1.165, 1.54) is 54.8 Å². The van der Waals surface area contributed by atoms with Gasteiger partial charge in [-0.3, -0.25) is 0 Å². The third-order valence-electron chi connectivity index (χ3n) is 5.50. The molecule has 2 heterocycles. The number of likely N-dealkylation sites (N-methyl/N-ethyl adjacent to an activating group) is 1. The van der Waals surface area contributed by atoms with Crippen molar-refractivity contribution in [1.29, 1.82) is 0 Å². The van der Waals surface area contributed by atoms with Crippen molar-refractivity contribution in [3.05, 3.63) is 29.8 Å². The van der Waals surface area contributed by atoms with E-state index in [0.29, 0.717) is 0 Å². The second-order valence-corrected chi connectivity index (χ2v) is 7.97. The average Bonchev–Trinajstić information content (AvgIpc) is 2.78. The Hall–Kier alpha value is -1.02. The van der Waals surface area contributed by atoms with Crippen LogP contribution in [0, 0.1) is 0 Å². The van der Waals surface area contributed by atoms with Gasteiger partial charge in [-0.15, -0.1) is 0 Å². The van der Waals surface area contributed by atoms with Crippen molar-refractivity contribution in [1.82, 2.24) is 0 Å². The van der Waals surface area contributed by atoms with Gasteiger partial charge in [-0.05, 0) is 23.1 Å². The molecule has 2 aliphatic heterocycles. The molecular weight excluding hydrogens is 244 g/mol. The molecule has 2 aliphatic rings. The van der Waals surface area contributed by atoms with Crippen LogP contribution in [0.15, 0.2) is 24.3 Å². The fourth-order valence-electron chi connectivity index (χ4n) is 3.87. The third kappa shape index (κ3) is 2.46. The maximum absolute atomic E-state index is 2.60. The van der Waals surface area contributed by atoms with Crippen LogP contribution >= 0.6 is 0 Å². The highest BCUT2D eigenvalue weighted by Crippen LogP contribution is 2.31. The molecule has 3 rings (SSSR count). The summed E-state index contributed by atoms with van der Waals surface area (Å²) < 4.78 is 1.32. The van der Waals surface area contributed by atoms with Gasteiger partial charge in [0.15, 0.2) is 0 Å². The number of nitrogens with zero attached hydrogens (tertiary/aromatic N) is 2. The first-order valence-corrected chi connectivity index (χ1v) is 8.08. The Bertz CT molecular complexity index is 471. The lowest BCUT2D eigenvalue weighted by atomic mass is 9.87. The molecule has 0 amide bonds. The highest BCUT2D eigenvalue weighted by Gasteiger charge is 2.42. The third-order valence-corrected chi connectivity index (χ3v) is 5.50. The second kappa shape index (κ2) is 4.77. The van der Waals surface area contributed by atoms with Crippen LogP contribution in [0.5, 0.6) is 0 Å². The summed E-state index contributed by atoms with van der Waals surface area (Å²) in [6.45, 7) is 12.0. The number of rotatable bonds is 1. The zero-order chi connectivity index (χ0) is 14.4. The van der Waals surface area contributed by atoms with Crippen molar-refractivity contribution in [2.45, 2.75) is 45.1 Å². The Morgan fingerprint density at radius 3 is 2.45 bits per heavy atom. The van der Waals surface area contributed by atoms with E-state index in [-0.39, 0.29) is 5.41 Å². The molecule has 2 fully saturated rings. The zero-order valence-electron chi connectivity index (χ0n) is 13.5. The molecule has 0 bridgehead atoms. The van der Waals surface area contributed by atoms with E-state index in [0.717, 1.165) is 6.04 Å². The number of quaternary nitrogens is 1. The number of fused-ring (bicyclic) bond motifs is 1. The summed E-state index contributed by atoms with van der Waals surface area (Å²) in [6.07, 6.45) is 2.82. The van der Waals surface area contributed by atoms with Gasteiger partial charge >= 0.3 is 0 Å². The Labute approximate surface area is 124 Å². The summed E-state index contributed by atoms with van der Waals surface area (Å²) in [5, 5.41) is 0. The van der Waals surface area contributed by atoms with Crippen LogP contribution in [-0.2, 0) is 5.41 Å². The number of piperazine rings is 1.